The normalized spacial score (nSPS) is 11.3. The number of para-hydroxylation sites is 1. The molecule has 0 heterocycles. The zero-order valence-electron chi connectivity index (χ0n) is 16.8. The molecule has 31 heavy (non-hydrogen) atoms. The van der Waals surface area contributed by atoms with Gasteiger partial charge >= 0.3 is 0 Å². The molecule has 162 valence electrons. The van der Waals surface area contributed by atoms with E-state index in [1.807, 2.05) is 26.0 Å². The molecule has 3 aromatic carbocycles. The lowest BCUT2D eigenvalue weighted by molar-refractivity contribution is 0.102. The highest BCUT2D eigenvalue weighted by Crippen LogP contribution is 2.37. The molecule has 0 aliphatic carbocycles. The quantitative estimate of drug-likeness (QED) is 0.366. The summed E-state index contributed by atoms with van der Waals surface area (Å²) in [5, 5.41) is 31.2. The largest absolute Gasteiger partial charge is 0.504 e. The van der Waals surface area contributed by atoms with Gasteiger partial charge < -0.3 is 20.6 Å². The van der Waals surface area contributed by atoms with Gasteiger partial charge in [-0.15, -0.1) is 0 Å². The monoisotopic (exact) mass is 442 g/mol. The molecule has 0 fully saturated rings. The van der Waals surface area contributed by atoms with Crippen LogP contribution in [0.15, 0.2) is 65.6 Å². The van der Waals surface area contributed by atoms with Crippen LogP contribution in [0, 0.1) is 0 Å². The van der Waals surface area contributed by atoms with Gasteiger partial charge in [-0.25, -0.2) is 8.42 Å². The number of carbonyl (C=O) groups is 1. The van der Waals surface area contributed by atoms with E-state index in [-0.39, 0.29) is 22.1 Å². The van der Waals surface area contributed by atoms with E-state index in [1.165, 1.54) is 24.3 Å². The number of anilines is 2. The van der Waals surface area contributed by atoms with Gasteiger partial charge in [0, 0.05) is 5.69 Å². The van der Waals surface area contributed by atoms with Crippen LogP contribution < -0.4 is 10.0 Å². The zero-order chi connectivity index (χ0) is 22.8. The number of rotatable bonds is 6. The minimum Gasteiger partial charge on any atom is -0.504 e. The molecule has 0 unspecified atom stereocenters. The van der Waals surface area contributed by atoms with Crippen molar-refractivity contribution >= 4 is 27.3 Å². The van der Waals surface area contributed by atoms with Gasteiger partial charge in [0.15, 0.2) is 11.5 Å². The first kappa shape index (κ1) is 22.0. The first-order valence-corrected chi connectivity index (χ1v) is 10.9. The van der Waals surface area contributed by atoms with Crippen molar-refractivity contribution in [1.29, 1.82) is 0 Å². The van der Waals surface area contributed by atoms with E-state index in [0.29, 0.717) is 5.69 Å². The Labute approximate surface area is 179 Å². The van der Waals surface area contributed by atoms with E-state index in [4.69, 9.17) is 0 Å². The summed E-state index contributed by atoms with van der Waals surface area (Å²) >= 11 is 0. The molecule has 5 N–H and O–H groups in total. The lowest BCUT2D eigenvalue weighted by Gasteiger charge is -2.15. The third kappa shape index (κ3) is 4.72. The van der Waals surface area contributed by atoms with Gasteiger partial charge in [0.25, 0.3) is 15.9 Å². The van der Waals surface area contributed by atoms with Crippen molar-refractivity contribution in [2.24, 2.45) is 0 Å². The van der Waals surface area contributed by atoms with Crippen molar-refractivity contribution in [3.63, 3.8) is 0 Å². The molecule has 0 bridgehead atoms. The van der Waals surface area contributed by atoms with Crippen molar-refractivity contribution in [2.45, 2.75) is 24.7 Å². The van der Waals surface area contributed by atoms with Crippen LogP contribution in [0.5, 0.6) is 17.2 Å². The Balaban J connectivity index is 1.78. The Morgan fingerprint density at radius 2 is 1.52 bits per heavy atom. The van der Waals surface area contributed by atoms with Gasteiger partial charge in [0.1, 0.15) is 0 Å². The molecular weight excluding hydrogens is 420 g/mol. The van der Waals surface area contributed by atoms with Crippen LogP contribution in [-0.2, 0) is 10.0 Å². The number of phenolic OH excluding ortho intramolecular Hbond substituents is 3. The van der Waals surface area contributed by atoms with Crippen LogP contribution in [0.3, 0.4) is 0 Å². The molecule has 1 amide bonds. The average molecular weight is 442 g/mol. The Kier molecular flexibility index (Phi) is 6.07. The van der Waals surface area contributed by atoms with Crippen molar-refractivity contribution in [2.75, 3.05) is 10.0 Å². The van der Waals surface area contributed by atoms with Crippen LogP contribution in [0.4, 0.5) is 11.4 Å². The summed E-state index contributed by atoms with van der Waals surface area (Å²) < 4.78 is 28.1. The van der Waals surface area contributed by atoms with Crippen molar-refractivity contribution in [3.8, 4) is 17.2 Å². The van der Waals surface area contributed by atoms with E-state index in [0.717, 1.165) is 17.7 Å². The highest BCUT2D eigenvalue weighted by atomic mass is 32.2. The smallest absolute Gasteiger partial charge is 0.261 e. The molecular formula is C22H22N2O6S. The maximum absolute atomic E-state index is 12.8. The first-order chi connectivity index (χ1) is 14.6. The summed E-state index contributed by atoms with van der Waals surface area (Å²) in [4.78, 5) is 12.3. The molecule has 0 radical (unpaired) electrons. The second-order valence-corrected chi connectivity index (χ2v) is 8.84. The number of aromatic hydroxyl groups is 3. The molecule has 0 aliphatic heterocycles. The van der Waals surface area contributed by atoms with Crippen LogP contribution in [0.2, 0.25) is 0 Å². The Bertz CT molecular complexity index is 1220. The molecule has 0 atom stereocenters. The summed E-state index contributed by atoms with van der Waals surface area (Å²) in [5.41, 5.74) is 1.39. The predicted molar refractivity (Wildman–Crippen MR) is 117 cm³/mol. The number of phenols is 3. The van der Waals surface area contributed by atoms with Crippen LogP contribution in [0.25, 0.3) is 0 Å². The number of hydrogen-bond donors (Lipinski definition) is 5. The van der Waals surface area contributed by atoms with Crippen molar-refractivity contribution < 1.29 is 28.5 Å². The number of benzene rings is 3. The molecule has 0 aliphatic rings. The van der Waals surface area contributed by atoms with E-state index in [1.54, 1.807) is 12.1 Å². The van der Waals surface area contributed by atoms with E-state index in [9.17, 15) is 28.5 Å². The van der Waals surface area contributed by atoms with E-state index >= 15 is 0 Å². The van der Waals surface area contributed by atoms with Gasteiger partial charge in [-0.05, 0) is 53.9 Å². The molecule has 0 saturated heterocycles. The maximum atomic E-state index is 12.8. The fourth-order valence-electron chi connectivity index (χ4n) is 2.97. The summed E-state index contributed by atoms with van der Waals surface area (Å²) in [6.07, 6.45) is 0. The first-order valence-electron chi connectivity index (χ1n) is 9.37. The number of amides is 1. The van der Waals surface area contributed by atoms with Crippen molar-refractivity contribution in [1.82, 2.24) is 0 Å². The van der Waals surface area contributed by atoms with Gasteiger partial charge in [-0.1, -0.05) is 32.0 Å². The summed E-state index contributed by atoms with van der Waals surface area (Å²) in [7, 11) is -3.85. The second-order valence-electron chi connectivity index (χ2n) is 7.16. The minimum absolute atomic E-state index is 0.00850. The predicted octanol–water partition coefficient (Wildman–Crippen LogP) is 3.98. The molecule has 9 heteroatoms. The lowest BCUT2D eigenvalue weighted by atomic mass is 10.0. The Morgan fingerprint density at radius 3 is 2.16 bits per heavy atom. The maximum Gasteiger partial charge on any atom is 0.261 e. The Hall–Kier alpha value is -3.72. The van der Waals surface area contributed by atoms with Gasteiger partial charge in [-0.3, -0.25) is 9.52 Å². The van der Waals surface area contributed by atoms with E-state index < -0.39 is 33.2 Å². The van der Waals surface area contributed by atoms with Crippen LogP contribution in [0.1, 0.15) is 35.7 Å². The molecule has 3 rings (SSSR count). The minimum atomic E-state index is -3.85. The number of sulfonamides is 1. The number of nitrogens with one attached hydrogen (secondary N) is 2. The van der Waals surface area contributed by atoms with Crippen LogP contribution in [-0.4, -0.2) is 29.6 Å². The SMILES string of the molecule is CC(C)c1ccccc1NS(=O)(=O)c1ccc(NC(=O)c2ccc(O)c(O)c2O)cc1. The highest BCUT2D eigenvalue weighted by molar-refractivity contribution is 7.92. The summed E-state index contributed by atoms with van der Waals surface area (Å²) in [6, 6.07) is 14.8. The van der Waals surface area contributed by atoms with Crippen LogP contribution >= 0.6 is 0 Å². The zero-order valence-corrected chi connectivity index (χ0v) is 17.6. The number of carbonyl (C=O) groups excluding carboxylic acids is 1. The van der Waals surface area contributed by atoms with E-state index in [2.05, 4.69) is 10.0 Å². The van der Waals surface area contributed by atoms with Gasteiger partial charge in [0.2, 0.25) is 5.75 Å². The topological polar surface area (TPSA) is 136 Å². The second kappa shape index (κ2) is 8.57. The standard InChI is InChI=1S/C22H22N2O6S/c1-13(2)16-5-3-4-6-18(16)24-31(29,30)15-9-7-14(8-10-15)23-22(28)17-11-12-19(25)21(27)20(17)26/h3-13,24-27H,1-2H3,(H,23,28). The summed E-state index contributed by atoms with van der Waals surface area (Å²) in [6.45, 7) is 3.94. The summed E-state index contributed by atoms with van der Waals surface area (Å²) in [5.74, 6) is -2.73. The van der Waals surface area contributed by atoms with Crippen molar-refractivity contribution in [3.05, 3.63) is 71.8 Å². The average Bonchev–Trinajstić information content (AvgIpc) is 2.72. The van der Waals surface area contributed by atoms with Gasteiger partial charge in [0.05, 0.1) is 16.1 Å². The number of hydrogen-bond acceptors (Lipinski definition) is 6. The lowest BCUT2D eigenvalue weighted by Crippen LogP contribution is -2.15. The highest BCUT2D eigenvalue weighted by Gasteiger charge is 2.19. The fourth-order valence-corrected chi connectivity index (χ4v) is 4.05. The molecule has 0 spiro atoms. The van der Waals surface area contributed by atoms with Gasteiger partial charge in [-0.2, -0.15) is 0 Å². The molecule has 8 nitrogen and oxygen atoms in total. The third-order valence-corrected chi connectivity index (χ3v) is 6.01. The molecule has 0 aromatic heterocycles. The fraction of sp³-hybridized carbons (Fsp3) is 0.136. The Morgan fingerprint density at radius 1 is 0.871 bits per heavy atom. The molecule has 0 saturated carbocycles. The molecule has 3 aromatic rings. The third-order valence-electron chi connectivity index (χ3n) is 4.62.